The lowest BCUT2D eigenvalue weighted by Crippen LogP contribution is -2.28. The Morgan fingerprint density at radius 3 is 2.24 bits per heavy atom. The number of methoxy groups -OCH3 is 3. The first-order valence-corrected chi connectivity index (χ1v) is 12.9. The van der Waals surface area contributed by atoms with Gasteiger partial charge in [0.05, 0.1) is 19.5 Å². The van der Waals surface area contributed by atoms with E-state index in [1.165, 1.54) is 7.11 Å². The molecule has 4 rings (SSSR count). The number of nitrogens with one attached hydrogen (secondary N) is 2. The van der Waals surface area contributed by atoms with Crippen LogP contribution in [-0.4, -0.2) is 67.6 Å². The Balaban J connectivity index is 1.80. The maximum atomic E-state index is 13.6. The molecule has 3 heterocycles. The van der Waals surface area contributed by atoms with Gasteiger partial charge in [0.15, 0.2) is 11.6 Å². The van der Waals surface area contributed by atoms with E-state index in [2.05, 4.69) is 35.2 Å². The highest BCUT2D eigenvalue weighted by atomic mass is 32.2. The number of nitrogens with zero attached hydrogens (tertiary/aromatic N) is 6. The molecule has 13 heteroatoms. The van der Waals surface area contributed by atoms with Gasteiger partial charge in [0.25, 0.3) is 0 Å². The van der Waals surface area contributed by atoms with Gasteiger partial charge < -0.3 is 19.5 Å². The Hall–Kier alpha value is -4.10. The molecule has 0 amide bonds. The second-order valence-corrected chi connectivity index (χ2v) is 9.77. The molecule has 0 saturated heterocycles. The topological polar surface area (TPSA) is 138 Å². The number of pyridine rings is 1. The van der Waals surface area contributed by atoms with Crippen molar-refractivity contribution in [2.45, 2.75) is 25.2 Å². The van der Waals surface area contributed by atoms with E-state index < -0.39 is 22.3 Å². The summed E-state index contributed by atoms with van der Waals surface area (Å²) in [4.78, 5) is 13.3. The van der Waals surface area contributed by atoms with Crippen molar-refractivity contribution >= 4 is 22.8 Å². The lowest BCUT2D eigenvalue weighted by atomic mass is 10.2. The van der Waals surface area contributed by atoms with Gasteiger partial charge in [-0.25, -0.2) is 19.2 Å². The minimum absolute atomic E-state index is 0.198. The van der Waals surface area contributed by atoms with Crippen LogP contribution in [0.25, 0.3) is 17.2 Å². The highest BCUT2D eigenvalue weighted by Gasteiger charge is 2.30. The predicted molar refractivity (Wildman–Crippen MR) is 145 cm³/mol. The zero-order chi connectivity index (χ0) is 27.2. The largest absolute Gasteiger partial charge is 0.494 e. The second kappa shape index (κ2) is 12.0. The molecule has 2 N–H and O–H groups in total. The quantitative estimate of drug-likeness (QED) is 0.292. The summed E-state index contributed by atoms with van der Waals surface area (Å²) in [6.07, 6.45) is 2.76. The van der Waals surface area contributed by atoms with E-state index in [-0.39, 0.29) is 5.95 Å². The van der Waals surface area contributed by atoms with Crippen LogP contribution in [0, 0.1) is 6.92 Å². The molecule has 0 aliphatic rings. The summed E-state index contributed by atoms with van der Waals surface area (Å²) in [6.45, 7) is 3.68. The van der Waals surface area contributed by atoms with Crippen LogP contribution in [-0.2, 0) is 15.7 Å². The average Bonchev–Trinajstić information content (AvgIpc) is 3.36. The molecule has 200 valence electrons. The minimum Gasteiger partial charge on any atom is -0.494 e. The smallest absolute Gasteiger partial charge is 0.241 e. The van der Waals surface area contributed by atoms with Gasteiger partial charge in [0.1, 0.15) is 45.8 Å². The molecule has 38 heavy (non-hydrogen) atoms. The first-order valence-electron chi connectivity index (χ1n) is 11.7. The van der Waals surface area contributed by atoms with E-state index in [1.54, 1.807) is 57.3 Å². The number of rotatable bonds is 11. The Kier molecular flexibility index (Phi) is 8.48. The van der Waals surface area contributed by atoms with Gasteiger partial charge in [0.2, 0.25) is 5.95 Å². The first kappa shape index (κ1) is 26.9. The normalized spacial score (nSPS) is 13.4. The monoisotopic (exact) mass is 538 g/mol. The average molecular weight is 539 g/mol. The number of hydrogen-bond acceptors (Lipinski definition) is 10. The summed E-state index contributed by atoms with van der Waals surface area (Å²) < 4.78 is 35.2. The molecule has 0 aliphatic carbocycles. The molecule has 3 aromatic heterocycles. The minimum atomic E-state index is -1.69. The summed E-state index contributed by atoms with van der Waals surface area (Å²) >= 11 is 0. The van der Waals surface area contributed by atoms with Crippen molar-refractivity contribution in [2.75, 3.05) is 38.4 Å². The third kappa shape index (κ3) is 5.43. The van der Waals surface area contributed by atoms with Crippen LogP contribution in [0.3, 0.4) is 0 Å². The van der Waals surface area contributed by atoms with Crippen LogP contribution in [0.5, 0.6) is 11.5 Å². The first-order chi connectivity index (χ1) is 18.4. The van der Waals surface area contributed by atoms with Gasteiger partial charge in [-0.3, -0.25) is 9.29 Å². The van der Waals surface area contributed by atoms with Gasteiger partial charge in [-0.2, -0.15) is 0 Å². The molecule has 0 aliphatic heterocycles. The zero-order valence-corrected chi connectivity index (χ0v) is 22.8. The van der Waals surface area contributed by atoms with Crippen molar-refractivity contribution in [1.29, 1.82) is 0 Å². The lowest BCUT2D eigenvalue weighted by molar-refractivity contribution is 0.0961. The molecule has 3 atom stereocenters. The van der Waals surface area contributed by atoms with Crippen LogP contribution >= 0.6 is 0 Å². The zero-order valence-electron chi connectivity index (χ0n) is 22.0. The standard InChI is InChI=1S/C25H30N8O4S/c1-15-13-27-23(28-14-15)22(37-6)16(2)38(34)32-25-31-30-24(17-9-7-12-20(26-3)29-17)33(25)21-18(35-4)10-8-11-19(21)36-5/h7-14,16,22H,1-6H3,(H,26,29)(H,31,32). The van der Waals surface area contributed by atoms with E-state index in [4.69, 9.17) is 14.2 Å². The summed E-state index contributed by atoms with van der Waals surface area (Å²) in [7, 11) is 4.73. The second-order valence-electron chi connectivity index (χ2n) is 8.23. The van der Waals surface area contributed by atoms with Crippen molar-refractivity contribution < 1.29 is 18.4 Å². The highest BCUT2D eigenvalue weighted by molar-refractivity contribution is 7.87. The molecular weight excluding hydrogens is 508 g/mol. The van der Waals surface area contributed by atoms with Crippen molar-refractivity contribution in [3.8, 4) is 28.7 Å². The predicted octanol–water partition coefficient (Wildman–Crippen LogP) is 3.34. The fourth-order valence-electron chi connectivity index (χ4n) is 3.83. The van der Waals surface area contributed by atoms with Crippen LogP contribution in [0.1, 0.15) is 24.4 Å². The third-order valence-electron chi connectivity index (χ3n) is 5.79. The van der Waals surface area contributed by atoms with E-state index in [9.17, 15) is 4.21 Å². The van der Waals surface area contributed by atoms with Gasteiger partial charge >= 0.3 is 0 Å². The van der Waals surface area contributed by atoms with E-state index in [0.29, 0.717) is 40.3 Å². The third-order valence-corrected chi connectivity index (χ3v) is 7.09. The molecule has 12 nitrogen and oxygen atoms in total. The summed E-state index contributed by atoms with van der Waals surface area (Å²) in [6, 6.07) is 10.9. The van der Waals surface area contributed by atoms with E-state index in [0.717, 1.165) is 5.56 Å². The summed E-state index contributed by atoms with van der Waals surface area (Å²) in [5.41, 5.74) is 1.97. The maximum Gasteiger partial charge on any atom is 0.241 e. The molecule has 0 fully saturated rings. The molecule has 0 bridgehead atoms. The Labute approximate surface area is 223 Å². The van der Waals surface area contributed by atoms with Gasteiger partial charge in [-0.1, -0.05) is 12.1 Å². The maximum absolute atomic E-state index is 13.6. The molecule has 4 aromatic rings. The highest BCUT2D eigenvalue weighted by Crippen LogP contribution is 2.37. The van der Waals surface area contributed by atoms with Crippen LogP contribution in [0.2, 0.25) is 0 Å². The van der Waals surface area contributed by atoms with Crippen molar-refractivity contribution in [1.82, 2.24) is 29.7 Å². The van der Waals surface area contributed by atoms with Gasteiger partial charge in [-0.15, -0.1) is 10.2 Å². The Morgan fingerprint density at radius 2 is 1.63 bits per heavy atom. The molecule has 0 saturated carbocycles. The van der Waals surface area contributed by atoms with Crippen LogP contribution in [0.4, 0.5) is 11.8 Å². The number of aromatic nitrogens is 6. The molecule has 0 radical (unpaired) electrons. The summed E-state index contributed by atoms with van der Waals surface area (Å²) in [5.74, 6) is 2.67. The number of benzene rings is 1. The number of anilines is 2. The van der Waals surface area contributed by atoms with Crippen LogP contribution in [0.15, 0.2) is 48.8 Å². The van der Waals surface area contributed by atoms with E-state index in [1.807, 2.05) is 31.2 Å². The van der Waals surface area contributed by atoms with Gasteiger partial charge in [-0.05, 0) is 43.7 Å². The van der Waals surface area contributed by atoms with Crippen molar-refractivity contribution in [2.24, 2.45) is 0 Å². The number of aryl methyl sites for hydroxylation is 1. The van der Waals surface area contributed by atoms with Crippen molar-refractivity contribution in [3.63, 3.8) is 0 Å². The van der Waals surface area contributed by atoms with E-state index >= 15 is 0 Å². The SMILES string of the molecule is CNc1cccc(-c2nnc(NS(=O)C(C)C(OC)c3ncc(C)cn3)n2-c2c(OC)cccc2OC)n1. The van der Waals surface area contributed by atoms with Crippen LogP contribution < -0.4 is 19.5 Å². The Morgan fingerprint density at radius 1 is 0.974 bits per heavy atom. The molecule has 3 unspecified atom stereocenters. The molecule has 0 spiro atoms. The number of para-hydroxylation sites is 1. The number of ether oxygens (including phenoxy) is 3. The van der Waals surface area contributed by atoms with Gasteiger partial charge in [0, 0.05) is 26.6 Å². The molecular formula is C25H30N8O4S. The number of hydrogen-bond donors (Lipinski definition) is 2. The fourth-order valence-corrected chi connectivity index (χ4v) is 4.79. The molecule has 1 aromatic carbocycles. The Bertz CT molecular complexity index is 1390. The fraction of sp³-hybridized carbons (Fsp3) is 0.320. The summed E-state index contributed by atoms with van der Waals surface area (Å²) in [5, 5.41) is 11.2. The van der Waals surface area contributed by atoms with Crippen molar-refractivity contribution in [3.05, 3.63) is 60.2 Å². The lowest BCUT2D eigenvalue weighted by Gasteiger charge is -2.22.